The fourth-order valence-corrected chi connectivity index (χ4v) is 12.3. The number of aryl methyl sites for hydroxylation is 3. The number of rotatable bonds is 27. The molecule has 92 heavy (non-hydrogen) atoms. The first-order chi connectivity index (χ1) is 43.4. The number of carbonyl (C=O) groups is 3. The van der Waals surface area contributed by atoms with Crippen molar-refractivity contribution in [2.24, 2.45) is 0 Å². The van der Waals surface area contributed by atoms with Crippen molar-refractivity contribution in [1.82, 2.24) is 75.1 Å². The Balaban J connectivity index is 0.926. The van der Waals surface area contributed by atoms with Crippen LogP contribution in [0.4, 0.5) is 0 Å². The van der Waals surface area contributed by atoms with E-state index >= 15 is 0 Å². The van der Waals surface area contributed by atoms with E-state index in [1.807, 2.05) is 0 Å². The smallest absolute Gasteiger partial charge is 0.315 e. The van der Waals surface area contributed by atoms with Gasteiger partial charge in [0.2, 0.25) is 0 Å². The van der Waals surface area contributed by atoms with Crippen molar-refractivity contribution < 1.29 is 58.1 Å². The molecule has 31 nitrogen and oxygen atoms in total. The number of aromatic nitrogens is 12. The Morgan fingerprint density at radius 1 is 0.402 bits per heavy atom. The standard InChI is InChI=1S/C57H60N15O16PS3/c1-55(90(4,80)81,22-34-67-31-19-43(37-49(67)73)40-7-13-46(14-8-40)70-58-25-26-59-70)52(76)64-86-89(79,87-65-53(77)56(2,91(5,82)83)23-35-68-32-20-44(38-50(68)74)41-9-15-47(16-10-41)71-60-27-28-61-71)88-66-54(78)57(3,92(6,84)85)24-36-69-33-21-45(39-51(69)75)42-11-17-48(18-12-42)72-62-29-30-63-72/h7-21,25-33,37-39H,22-24,34-36H2,1-6H3,(H,64,76)(H,65,77)(H,66,78)/t55-,56-,57-/m1/s1. The number of nitrogens with one attached hydrogen (secondary N) is 3. The molecule has 9 rings (SSSR count). The van der Waals surface area contributed by atoms with Gasteiger partial charge in [-0.3, -0.25) is 28.8 Å². The SMILES string of the molecule is C[C@@](CCn1ccc(-c2ccc(-n3nccn3)cc2)cc1=O)(C(=O)NOP(=O)(ONC(=O)[C@@](C)(CCn1ccc(-c2ccc(-n3nccn3)cc2)cc1=O)S(C)(=O)=O)ONC(=O)[C@@](C)(CCn1ccc(-c2ccc(-n3nccn3)cc2)cc1=O)S(C)(=O)=O)S(C)(=O)=O. The molecule has 0 spiro atoms. The zero-order valence-corrected chi connectivity index (χ0v) is 53.2. The summed E-state index contributed by atoms with van der Waals surface area (Å²) < 4.78 is 107. The minimum atomic E-state index is -5.93. The van der Waals surface area contributed by atoms with Gasteiger partial charge in [0, 0.05) is 75.2 Å². The first-order valence-electron chi connectivity index (χ1n) is 27.6. The average molecular weight is 1340 g/mol. The third-order valence-corrected chi connectivity index (χ3v) is 22.7. The van der Waals surface area contributed by atoms with Crippen molar-refractivity contribution in [2.75, 3.05) is 18.8 Å². The maximum atomic E-state index is 14.7. The predicted molar refractivity (Wildman–Crippen MR) is 332 cm³/mol. The van der Waals surface area contributed by atoms with Crippen molar-refractivity contribution >= 4 is 55.1 Å². The molecule has 6 aromatic heterocycles. The molecule has 0 fully saturated rings. The van der Waals surface area contributed by atoms with Crippen LogP contribution in [0, 0.1) is 0 Å². The highest BCUT2D eigenvalue weighted by molar-refractivity contribution is 7.93. The van der Waals surface area contributed by atoms with E-state index in [1.165, 1.54) is 88.4 Å². The molecular weight excluding hydrogens is 1280 g/mol. The van der Waals surface area contributed by atoms with Gasteiger partial charge < -0.3 is 13.7 Å². The lowest BCUT2D eigenvalue weighted by atomic mass is 10.1. The molecule has 3 atom stereocenters. The van der Waals surface area contributed by atoms with Crippen molar-refractivity contribution in [3.63, 3.8) is 0 Å². The zero-order chi connectivity index (χ0) is 66.4. The summed E-state index contributed by atoms with van der Waals surface area (Å²) in [6.07, 6.45) is 13.2. The Bertz CT molecular complexity index is 4300. The molecule has 3 amide bonds. The van der Waals surface area contributed by atoms with Gasteiger partial charge in [0.05, 0.1) is 54.2 Å². The molecular formula is C57H60N15O16PS3. The Morgan fingerprint density at radius 3 is 0.837 bits per heavy atom. The van der Waals surface area contributed by atoms with Crippen molar-refractivity contribution in [3.8, 4) is 50.4 Å². The van der Waals surface area contributed by atoms with Crippen LogP contribution in [0.15, 0.2) is 179 Å². The lowest BCUT2D eigenvalue weighted by Crippen LogP contribution is -2.52. The summed E-state index contributed by atoms with van der Waals surface area (Å²) >= 11 is 0. The molecule has 6 heterocycles. The van der Waals surface area contributed by atoms with Gasteiger partial charge in [-0.05, 0) is 128 Å². The molecule has 3 N–H and O–H groups in total. The van der Waals surface area contributed by atoms with Crippen molar-refractivity contribution in [1.29, 1.82) is 0 Å². The third kappa shape index (κ3) is 14.7. The summed E-state index contributed by atoms with van der Waals surface area (Å²) in [5.41, 5.74) is 8.44. The summed E-state index contributed by atoms with van der Waals surface area (Å²) in [4.78, 5) is 86.9. The Morgan fingerprint density at radius 2 is 0.630 bits per heavy atom. The van der Waals surface area contributed by atoms with Crippen LogP contribution >= 0.6 is 7.82 Å². The molecule has 0 aliphatic heterocycles. The van der Waals surface area contributed by atoms with Gasteiger partial charge in [0.1, 0.15) is 0 Å². The summed E-state index contributed by atoms with van der Waals surface area (Å²) in [6.45, 7) is 1.56. The number of amides is 3. The van der Waals surface area contributed by atoms with E-state index in [4.69, 9.17) is 13.9 Å². The van der Waals surface area contributed by atoms with Gasteiger partial charge in [-0.1, -0.05) is 36.4 Å². The molecule has 0 radical (unpaired) electrons. The molecule has 0 saturated carbocycles. The van der Waals surface area contributed by atoms with Gasteiger partial charge in [0.15, 0.2) is 43.8 Å². The number of benzene rings is 3. The van der Waals surface area contributed by atoms with Crippen molar-refractivity contribution in [3.05, 3.63) is 196 Å². The molecule has 35 heteroatoms. The summed E-state index contributed by atoms with van der Waals surface area (Å²) in [7, 11) is -19.6. The normalized spacial score (nSPS) is 14.1. The fourth-order valence-electron chi connectivity index (χ4n) is 9.10. The molecule has 0 aliphatic carbocycles. The number of carbonyl (C=O) groups excluding carboxylic acids is 3. The van der Waals surface area contributed by atoms with E-state index in [0.717, 1.165) is 34.5 Å². The van der Waals surface area contributed by atoms with E-state index in [9.17, 15) is 58.6 Å². The molecule has 0 aliphatic rings. The van der Waals surface area contributed by atoms with Crippen LogP contribution in [0.5, 0.6) is 0 Å². The van der Waals surface area contributed by atoms with Gasteiger partial charge in [-0.25, -0.2) is 46.3 Å². The minimum Gasteiger partial charge on any atom is -0.315 e. The summed E-state index contributed by atoms with van der Waals surface area (Å²) in [5.74, 6) is -4.74. The quantitative estimate of drug-likeness (QED) is 0.0491. The van der Waals surface area contributed by atoms with Gasteiger partial charge in [0.25, 0.3) is 34.4 Å². The number of nitrogens with zero attached hydrogens (tertiary/aromatic N) is 12. The molecule has 0 bridgehead atoms. The largest absolute Gasteiger partial charge is 0.539 e. The molecule has 0 saturated heterocycles. The van der Waals surface area contributed by atoms with E-state index in [1.54, 1.807) is 107 Å². The van der Waals surface area contributed by atoms with Gasteiger partial charge >= 0.3 is 7.82 Å². The number of hydrogen-bond donors (Lipinski definition) is 3. The fraction of sp³-hybridized carbons (Fsp3) is 0.263. The van der Waals surface area contributed by atoms with Crippen molar-refractivity contribution in [2.45, 2.75) is 73.9 Å². The zero-order valence-electron chi connectivity index (χ0n) is 49.9. The minimum absolute atomic E-state index is 0.421. The second kappa shape index (κ2) is 26.6. The number of hydroxylamine groups is 3. The Hall–Kier alpha value is -9.70. The molecule has 0 unspecified atom stereocenters. The highest BCUT2D eigenvalue weighted by atomic mass is 32.2. The second-order valence-corrected chi connectivity index (χ2v) is 30.5. The molecule has 3 aromatic carbocycles. The van der Waals surface area contributed by atoms with E-state index in [-0.39, 0.29) is 0 Å². The topological polar surface area (TPSA) is 393 Å². The number of sulfone groups is 3. The van der Waals surface area contributed by atoms with Crippen LogP contribution in [-0.4, -0.2) is 135 Å². The third-order valence-electron chi connectivity index (χ3n) is 15.7. The van der Waals surface area contributed by atoms with E-state index in [2.05, 4.69) is 30.6 Å². The van der Waals surface area contributed by atoms with Gasteiger partial charge in [-0.2, -0.15) is 58.9 Å². The van der Waals surface area contributed by atoms with Crippen LogP contribution in [0.25, 0.3) is 50.4 Å². The van der Waals surface area contributed by atoms with Crippen LogP contribution in [0.2, 0.25) is 0 Å². The summed E-state index contributed by atoms with van der Waals surface area (Å²) in [5, 5.41) is 24.5. The first-order valence-corrected chi connectivity index (χ1v) is 34.7. The highest BCUT2D eigenvalue weighted by Gasteiger charge is 2.49. The Labute approximate surface area is 524 Å². The van der Waals surface area contributed by atoms with Crippen LogP contribution < -0.4 is 33.1 Å². The van der Waals surface area contributed by atoms with Crippen LogP contribution in [-0.2, 0) is 82.0 Å². The highest BCUT2D eigenvalue weighted by Crippen LogP contribution is 2.47. The number of pyridine rings is 3. The number of hydrogen-bond acceptors (Lipinski definition) is 22. The lowest BCUT2D eigenvalue weighted by Gasteiger charge is -2.29. The van der Waals surface area contributed by atoms with Gasteiger partial charge in [-0.15, -0.1) is 0 Å². The average Bonchev–Trinajstić information content (AvgIpc) is 0.991. The van der Waals surface area contributed by atoms with Crippen LogP contribution in [0.3, 0.4) is 0 Å². The Kier molecular flexibility index (Phi) is 19.3. The molecule has 9 aromatic rings. The van der Waals surface area contributed by atoms with E-state index in [0.29, 0.717) is 69.2 Å². The van der Waals surface area contributed by atoms with Crippen LogP contribution in [0.1, 0.15) is 40.0 Å². The number of phosphoric acid groups is 1. The monoisotopic (exact) mass is 1340 g/mol. The predicted octanol–water partition coefficient (Wildman–Crippen LogP) is 3.15. The van der Waals surface area contributed by atoms with E-state index < -0.39 is 125 Å². The lowest BCUT2D eigenvalue weighted by molar-refractivity contribution is -0.138. The maximum absolute atomic E-state index is 14.7. The first kappa shape index (κ1) is 66.7. The summed E-state index contributed by atoms with van der Waals surface area (Å²) in [6, 6.07) is 29.3. The molecule has 482 valence electrons. The second-order valence-electron chi connectivity index (χ2n) is 21.7. The maximum Gasteiger partial charge on any atom is 0.539 e.